The van der Waals surface area contributed by atoms with E-state index in [0.29, 0.717) is 0 Å². The molecule has 16 heavy (non-hydrogen) atoms. The van der Waals surface area contributed by atoms with Crippen molar-refractivity contribution >= 4 is 0 Å². The summed E-state index contributed by atoms with van der Waals surface area (Å²) in [6, 6.07) is 6.52. The van der Waals surface area contributed by atoms with Gasteiger partial charge in [0.05, 0.1) is 0 Å². The standard InChI is InChI=1S/C14H22N2/c1-11-5-4-6-12(2)13(11)9-16-14(3)7-8-15-10-14/h4-6,15-16H,7-10H2,1-3H3. The zero-order valence-corrected chi connectivity index (χ0v) is 10.6. The summed E-state index contributed by atoms with van der Waals surface area (Å²) in [6.45, 7) is 9.89. The second-order valence-electron chi connectivity index (χ2n) is 5.21. The SMILES string of the molecule is Cc1cccc(C)c1CNC1(C)CCNC1. The molecule has 2 rings (SSSR count). The van der Waals surface area contributed by atoms with Crippen molar-refractivity contribution < 1.29 is 0 Å². The van der Waals surface area contributed by atoms with Crippen LogP contribution in [0.1, 0.15) is 30.0 Å². The van der Waals surface area contributed by atoms with Crippen LogP contribution in [0.15, 0.2) is 18.2 Å². The lowest BCUT2D eigenvalue weighted by Gasteiger charge is -2.25. The molecule has 0 aromatic heterocycles. The van der Waals surface area contributed by atoms with Crippen molar-refractivity contribution in [3.05, 3.63) is 34.9 Å². The van der Waals surface area contributed by atoms with Crippen LogP contribution in [0.25, 0.3) is 0 Å². The van der Waals surface area contributed by atoms with Gasteiger partial charge in [0.2, 0.25) is 0 Å². The molecular weight excluding hydrogens is 196 g/mol. The molecule has 0 saturated carbocycles. The normalized spacial score (nSPS) is 24.9. The van der Waals surface area contributed by atoms with Crippen molar-refractivity contribution in [2.24, 2.45) is 0 Å². The van der Waals surface area contributed by atoms with Gasteiger partial charge in [0.15, 0.2) is 0 Å². The largest absolute Gasteiger partial charge is 0.315 e. The van der Waals surface area contributed by atoms with Crippen LogP contribution in [0.2, 0.25) is 0 Å². The topological polar surface area (TPSA) is 24.1 Å². The van der Waals surface area contributed by atoms with E-state index < -0.39 is 0 Å². The van der Waals surface area contributed by atoms with Crippen molar-refractivity contribution in [3.8, 4) is 0 Å². The van der Waals surface area contributed by atoms with E-state index in [4.69, 9.17) is 0 Å². The van der Waals surface area contributed by atoms with E-state index >= 15 is 0 Å². The van der Waals surface area contributed by atoms with Crippen molar-refractivity contribution in [1.82, 2.24) is 10.6 Å². The van der Waals surface area contributed by atoms with Crippen molar-refractivity contribution in [3.63, 3.8) is 0 Å². The van der Waals surface area contributed by atoms with Crippen LogP contribution in [0.4, 0.5) is 0 Å². The van der Waals surface area contributed by atoms with E-state index in [1.165, 1.54) is 23.1 Å². The van der Waals surface area contributed by atoms with Gasteiger partial charge < -0.3 is 10.6 Å². The summed E-state index contributed by atoms with van der Waals surface area (Å²) in [7, 11) is 0. The third-order valence-corrected chi connectivity index (χ3v) is 3.71. The molecule has 0 bridgehead atoms. The summed E-state index contributed by atoms with van der Waals surface area (Å²) in [6.07, 6.45) is 1.22. The molecule has 1 unspecified atom stereocenters. The molecule has 1 aliphatic rings. The minimum Gasteiger partial charge on any atom is -0.315 e. The van der Waals surface area contributed by atoms with E-state index in [1.54, 1.807) is 0 Å². The fraction of sp³-hybridized carbons (Fsp3) is 0.571. The van der Waals surface area contributed by atoms with Gasteiger partial charge in [0.1, 0.15) is 0 Å². The van der Waals surface area contributed by atoms with Crippen molar-refractivity contribution in [2.45, 2.75) is 39.3 Å². The van der Waals surface area contributed by atoms with Crippen molar-refractivity contribution in [2.75, 3.05) is 13.1 Å². The molecule has 0 amide bonds. The molecule has 2 nitrogen and oxygen atoms in total. The van der Waals surface area contributed by atoms with Gasteiger partial charge in [-0.1, -0.05) is 18.2 Å². The van der Waals surface area contributed by atoms with E-state index in [1.807, 2.05) is 0 Å². The summed E-state index contributed by atoms with van der Waals surface area (Å²) in [4.78, 5) is 0. The maximum Gasteiger partial charge on any atom is 0.0293 e. The number of rotatable bonds is 3. The highest BCUT2D eigenvalue weighted by Crippen LogP contribution is 2.17. The molecule has 1 aromatic rings. The Morgan fingerprint density at radius 2 is 2.00 bits per heavy atom. The average molecular weight is 218 g/mol. The molecule has 2 heteroatoms. The third-order valence-electron chi connectivity index (χ3n) is 3.71. The van der Waals surface area contributed by atoms with E-state index in [9.17, 15) is 0 Å². The highest BCUT2D eigenvalue weighted by atomic mass is 15.1. The first-order chi connectivity index (χ1) is 7.61. The van der Waals surface area contributed by atoms with Gasteiger partial charge in [-0.05, 0) is 50.4 Å². The Hall–Kier alpha value is -0.860. The minimum atomic E-state index is 0.273. The van der Waals surface area contributed by atoms with Crippen LogP contribution in [-0.2, 0) is 6.54 Å². The molecule has 1 saturated heterocycles. The van der Waals surface area contributed by atoms with E-state index in [-0.39, 0.29) is 5.54 Å². The average Bonchev–Trinajstić information content (AvgIpc) is 2.65. The molecule has 0 aliphatic carbocycles. The summed E-state index contributed by atoms with van der Waals surface area (Å²) in [5.74, 6) is 0. The zero-order valence-electron chi connectivity index (χ0n) is 10.6. The quantitative estimate of drug-likeness (QED) is 0.812. The highest BCUT2D eigenvalue weighted by molar-refractivity contribution is 5.33. The summed E-state index contributed by atoms with van der Waals surface area (Å²) >= 11 is 0. The summed E-state index contributed by atoms with van der Waals surface area (Å²) < 4.78 is 0. The Kier molecular flexibility index (Phi) is 3.31. The van der Waals surface area contributed by atoms with Crippen LogP contribution in [0, 0.1) is 13.8 Å². The van der Waals surface area contributed by atoms with E-state index in [0.717, 1.165) is 19.6 Å². The second kappa shape index (κ2) is 4.56. The van der Waals surface area contributed by atoms with Crippen LogP contribution < -0.4 is 10.6 Å². The smallest absolute Gasteiger partial charge is 0.0293 e. The van der Waals surface area contributed by atoms with Crippen LogP contribution in [0.5, 0.6) is 0 Å². The lowest BCUT2D eigenvalue weighted by molar-refractivity contribution is 0.385. The monoisotopic (exact) mass is 218 g/mol. The number of nitrogens with one attached hydrogen (secondary N) is 2. The van der Waals surface area contributed by atoms with Gasteiger partial charge in [0, 0.05) is 18.6 Å². The van der Waals surface area contributed by atoms with Crippen LogP contribution in [-0.4, -0.2) is 18.6 Å². The van der Waals surface area contributed by atoms with Crippen LogP contribution in [0.3, 0.4) is 0 Å². The number of benzene rings is 1. The van der Waals surface area contributed by atoms with Gasteiger partial charge in [-0.15, -0.1) is 0 Å². The Morgan fingerprint density at radius 1 is 1.31 bits per heavy atom. The highest BCUT2D eigenvalue weighted by Gasteiger charge is 2.27. The maximum absolute atomic E-state index is 3.69. The molecular formula is C14H22N2. The molecule has 0 radical (unpaired) electrons. The molecule has 1 atom stereocenters. The predicted octanol–water partition coefficient (Wildman–Crippen LogP) is 2.15. The fourth-order valence-electron chi connectivity index (χ4n) is 2.40. The van der Waals surface area contributed by atoms with Gasteiger partial charge in [-0.3, -0.25) is 0 Å². The minimum absolute atomic E-state index is 0.273. The lowest BCUT2D eigenvalue weighted by Crippen LogP contribution is -2.43. The Balaban J connectivity index is 2.04. The van der Waals surface area contributed by atoms with Crippen LogP contribution >= 0.6 is 0 Å². The summed E-state index contributed by atoms with van der Waals surface area (Å²) in [5, 5.41) is 7.11. The predicted molar refractivity (Wildman–Crippen MR) is 68.6 cm³/mol. The van der Waals surface area contributed by atoms with Gasteiger partial charge >= 0.3 is 0 Å². The maximum atomic E-state index is 3.69. The number of hydrogen-bond donors (Lipinski definition) is 2. The third kappa shape index (κ3) is 2.45. The Morgan fingerprint density at radius 3 is 2.56 bits per heavy atom. The molecule has 1 aliphatic heterocycles. The molecule has 1 fully saturated rings. The fourth-order valence-corrected chi connectivity index (χ4v) is 2.40. The van der Waals surface area contributed by atoms with Gasteiger partial charge in [-0.2, -0.15) is 0 Å². The number of aryl methyl sites for hydroxylation is 2. The van der Waals surface area contributed by atoms with Gasteiger partial charge in [-0.25, -0.2) is 0 Å². The molecule has 88 valence electrons. The van der Waals surface area contributed by atoms with E-state index in [2.05, 4.69) is 49.6 Å². The first kappa shape index (κ1) is 11.6. The Labute approximate surface area is 98.4 Å². The van der Waals surface area contributed by atoms with Crippen molar-refractivity contribution in [1.29, 1.82) is 0 Å². The Bertz CT molecular complexity index is 345. The zero-order chi connectivity index (χ0) is 11.6. The molecule has 0 spiro atoms. The molecule has 1 heterocycles. The number of hydrogen-bond acceptors (Lipinski definition) is 2. The first-order valence-corrected chi connectivity index (χ1v) is 6.12. The molecule has 1 aromatic carbocycles. The van der Waals surface area contributed by atoms with Gasteiger partial charge in [0.25, 0.3) is 0 Å². The lowest BCUT2D eigenvalue weighted by atomic mass is 9.98. The first-order valence-electron chi connectivity index (χ1n) is 6.12. The second-order valence-corrected chi connectivity index (χ2v) is 5.21. The molecule has 2 N–H and O–H groups in total. The summed E-state index contributed by atoms with van der Waals surface area (Å²) in [5.41, 5.74) is 4.51.